The summed E-state index contributed by atoms with van der Waals surface area (Å²) in [6, 6.07) is 14.3. The van der Waals surface area contributed by atoms with Crippen molar-refractivity contribution in [2.24, 2.45) is 10.7 Å². The smallest absolute Gasteiger partial charge is 0.315 e. The third-order valence-corrected chi connectivity index (χ3v) is 6.63. The van der Waals surface area contributed by atoms with Gasteiger partial charge in [-0.1, -0.05) is 30.3 Å². The van der Waals surface area contributed by atoms with E-state index in [1.807, 2.05) is 18.2 Å². The van der Waals surface area contributed by atoms with E-state index in [1.165, 1.54) is 38.5 Å². The summed E-state index contributed by atoms with van der Waals surface area (Å²) >= 11 is 0. The van der Waals surface area contributed by atoms with Gasteiger partial charge in [-0.25, -0.2) is 9.38 Å². The van der Waals surface area contributed by atoms with Gasteiger partial charge in [-0.05, 0) is 69.7 Å². The number of rotatable bonds is 4. The first-order valence-electron chi connectivity index (χ1n) is 10.6. The van der Waals surface area contributed by atoms with Crippen molar-refractivity contribution in [2.45, 2.75) is 69.1 Å². The van der Waals surface area contributed by atoms with Crippen LogP contribution in [0.5, 0.6) is 0 Å². The highest BCUT2D eigenvalue weighted by Crippen LogP contribution is 2.52. The number of nitrogens with one attached hydrogen (secondary N) is 1. The summed E-state index contributed by atoms with van der Waals surface area (Å²) in [4.78, 5) is 3.87. The minimum absolute atomic E-state index is 0.177. The fraction of sp³-hybridized carbons (Fsp3) is 0.458. The Morgan fingerprint density at radius 3 is 2.48 bits per heavy atom. The molecule has 0 aromatic heterocycles. The van der Waals surface area contributed by atoms with Crippen LogP contribution in [0.3, 0.4) is 0 Å². The van der Waals surface area contributed by atoms with Gasteiger partial charge in [0.2, 0.25) is 0 Å². The Labute approximate surface area is 180 Å². The van der Waals surface area contributed by atoms with Gasteiger partial charge in [0.1, 0.15) is 5.82 Å². The maximum Gasteiger partial charge on any atom is 0.315 e. The predicted octanol–water partition coefficient (Wildman–Crippen LogP) is 5.55. The molecule has 1 aliphatic heterocycles. The highest BCUT2D eigenvalue weighted by atomic mass is 19.3. The maximum atomic E-state index is 15.4. The van der Waals surface area contributed by atoms with E-state index in [2.05, 4.69) is 22.4 Å². The molecule has 1 fully saturated rings. The van der Waals surface area contributed by atoms with Crippen molar-refractivity contribution in [1.82, 2.24) is 0 Å². The Morgan fingerprint density at radius 1 is 1.06 bits per heavy atom. The van der Waals surface area contributed by atoms with Crippen molar-refractivity contribution < 1.29 is 17.9 Å². The molecule has 0 spiro atoms. The minimum Gasteiger partial charge on any atom is -0.453 e. The fourth-order valence-electron chi connectivity index (χ4n) is 4.82. The Balaban J connectivity index is 1.60. The minimum atomic E-state index is -3.49. The van der Waals surface area contributed by atoms with Crippen LogP contribution in [0, 0.1) is 5.82 Å². The second-order valence-corrected chi connectivity index (χ2v) is 9.17. The standard InChI is InChI=1S/C24H28F3N3O/c1-22(2)24(26,27)23(3,30-21(28)31-22)19-14-18(11-12-20(19)25)29-17-10-9-16(13-17)15-7-5-4-6-8-15/h4-8,11-12,14,16-17,29H,9-10,13H2,1-3H3,(H2,28,30)/t16?,17?,23-/m1/s1. The van der Waals surface area contributed by atoms with E-state index in [9.17, 15) is 4.39 Å². The highest BCUT2D eigenvalue weighted by Gasteiger charge is 2.66. The molecule has 4 nitrogen and oxygen atoms in total. The number of nitrogens with two attached hydrogens (primary N) is 1. The number of hydrogen-bond donors (Lipinski definition) is 2. The van der Waals surface area contributed by atoms with Crippen LogP contribution in [-0.2, 0) is 10.3 Å². The van der Waals surface area contributed by atoms with Gasteiger partial charge in [0.05, 0.1) is 0 Å². The molecule has 1 heterocycles. The number of alkyl halides is 2. The lowest BCUT2D eigenvalue weighted by Crippen LogP contribution is -2.62. The van der Waals surface area contributed by atoms with Crippen LogP contribution in [-0.4, -0.2) is 23.6 Å². The molecular formula is C24H28F3N3O. The van der Waals surface area contributed by atoms with Crippen molar-refractivity contribution in [3.05, 3.63) is 65.5 Å². The van der Waals surface area contributed by atoms with Crippen LogP contribution in [0.25, 0.3) is 0 Å². The predicted molar refractivity (Wildman–Crippen MR) is 116 cm³/mol. The zero-order valence-corrected chi connectivity index (χ0v) is 18.0. The first-order valence-corrected chi connectivity index (χ1v) is 10.6. The van der Waals surface area contributed by atoms with Gasteiger partial charge in [0, 0.05) is 17.3 Å². The Bertz CT molecular complexity index is 993. The van der Waals surface area contributed by atoms with E-state index in [0.717, 1.165) is 19.3 Å². The number of halogens is 3. The van der Waals surface area contributed by atoms with Crippen LogP contribution in [0.4, 0.5) is 18.9 Å². The van der Waals surface area contributed by atoms with Crippen molar-refractivity contribution in [3.63, 3.8) is 0 Å². The zero-order valence-electron chi connectivity index (χ0n) is 18.0. The largest absolute Gasteiger partial charge is 0.453 e. The number of anilines is 1. The van der Waals surface area contributed by atoms with Gasteiger partial charge in [0.25, 0.3) is 6.02 Å². The lowest BCUT2D eigenvalue weighted by Gasteiger charge is -2.46. The van der Waals surface area contributed by atoms with Crippen LogP contribution in [0.1, 0.15) is 57.1 Å². The molecule has 3 N–H and O–H groups in total. The van der Waals surface area contributed by atoms with Crippen LogP contribution >= 0.6 is 0 Å². The molecule has 1 saturated carbocycles. The molecule has 4 rings (SSSR count). The molecule has 0 amide bonds. The summed E-state index contributed by atoms with van der Waals surface area (Å²) in [6.07, 6.45) is 2.92. The van der Waals surface area contributed by atoms with Crippen molar-refractivity contribution in [3.8, 4) is 0 Å². The molecule has 3 atom stereocenters. The van der Waals surface area contributed by atoms with E-state index in [-0.39, 0.29) is 17.6 Å². The summed E-state index contributed by atoms with van der Waals surface area (Å²) in [5, 5.41) is 3.40. The lowest BCUT2D eigenvalue weighted by atomic mass is 9.77. The van der Waals surface area contributed by atoms with Crippen molar-refractivity contribution in [1.29, 1.82) is 0 Å². The molecule has 2 aromatic rings. The SMILES string of the molecule is CC1(C)OC(N)=N[C@](C)(c2cc(NC3CCC(c4ccccc4)C3)ccc2F)C1(F)F. The van der Waals surface area contributed by atoms with Crippen LogP contribution in [0.15, 0.2) is 53.5 Å². The lowest BCUT2D eigenvalue weighted by molar-refractivity contribution is -0.207. The third-order valence-electron chi connectivity index (χ3n) is 6.63. The number of benzene rings is 2. The maximum absolute atomic E-state index is 15.4. The van der Waals surface area contributed by atoms with E-state index >= 15 is 8.78 Å². The normalized spacial score (nSPS) is 29.2. The molecule has 1 aliphatic carbocycles. The fourth-order valence-corrected chi connectivity index (χ4v) is 4.82. The van der Waals surface area contributed by atoms with Crippen molar-refractivity contribution in [2.75, 3.05) is 5.32 Å². The zero-order chi connectivity index (χ0) is 22.4. The average molecular weight is 432 g/mol. The molecule has 2 aromatic carbocycles. The first-order chi connectivity index (χ1) is 14.5. The van der Waals surface area contributed by atoms with E-state index in [4.69, 9.17) is 10.5 Å². The van der Waals surface area contributed by atoms with Crippen LogP contribution < -0.4 is 11.1 Å². The Hall–Kier alpha value is -2.70. The topological polar surface area (TPSA) is 59.6 Å². The van der Waals surface area contributed by atoms with Crippen LogP contribution in [0.2, 0.25) is 0 Å². The van der Waals surface area contributed by atoms with Gasteiger partial charge in [-0.3, -0.25) is 0 Å². The number of ether oxygens (including phenoxy) is 1. The van der Waals surface area contributed by atoms with Gasteiger partial charge < -0.3 is 15.8 Å². The number of nitrogens with zero attached hydrogens (tertiary/aromatic N) is 1. The Kier molecular flexibility index (Phi) is 5.18. The summed E-state index contributed by atoms with van der Waals surface area (Å²) in [6.45, 7) is 3.66. The third kappa shape index (κ3) is 3.64. The quantitative estimate of drug-likeness (QED) is 0.668. The molecule has 0 saturated heterocycles. The van der Waals surface area contributed by atoms with E-state index in [1.54, 1.807) is 6.07 Å². The van der Waals surface area contributed by atoms with Gasteiger partial charge in [-0.2, -0.15) is 8.78 Å². The molecule has 0 radical (unpaired) electrons. The molecule has 2 aliphatic rings. The molecule has 7 heteroatoms. The second kappa shape index (κ2) is 7.46. The monoisotopic (exact) mass is 431 g/mol. The molecule has 31 heavy (non-hydrogen) atoms. The summed E-state index contributed by atoms with van der Waals surface area (Å²) in [5.74, 6) is -3.80. The second-order valence-electron chi connectivity index (χ2n) is 9.17. The van der Waals surface area contributed by atoms with E-state index < -0.39 is 22.9 Å². The first kappa shape index (κ1) is 21.5. The summed E-state index contributed by atoms with van der Waals surface area (Å²) < 4.78 is 50.6. The highest BCUT2D eigenvalue weighted by molar-refractivity contribution is 5.74. The summed E-state index contributed by atoms with van der Waals surface area (Å²) in [5.41, 5.74) is 3.25. The van der Waals surface area contributed by atoms with Crippen molar-refractivity contribution >= 4 is 11.7 Å². The van der Waals surface area contributed by atoms with Gasteiger partial charge in [-0.15, -0.1) is 0 Å². The molecular weight excluding hydrogens is 403 g/mol. The number of hydrogen-bond acceptors (Lipinski definition) is 4. The number of aliphatic imine (C=N–C) groups is 1. The van der Waals surface area contributed by atoms with E-state index in [0.29, 0.717) is 11.6 Å². The summed E-state index contributed by atoms with van der Waals surface area (Å²) in [7, 11) is 0. The number of amidine groups is 1. The van der Waals surface area contributed by atoms with Gasteiger partial charge >= 0.3 is 5.92 Å². The Morgan fingerprint density at radius 2 is 1.77 bits per heavy atom. The molecule has 2 unspecified atom stereocenters. The molecule has 166 valence electrons. The molecule has 0 bridgehead atoms. The van der Waals surface area contributed by atoms with Gasteiger partial charge in [0.15, 0.2) is 11.1 Å². The average Bonchev–Trinajstić information content (AvgIpc) is 3.17.